The summed E-state index contributed by atoms with van der Waals surface area (Å²) in [6.07, 6.45) is -0.350. The molecule has 2 atom stereocenters. The summed E-state index contributed by atoms with van der Waals surface area (Å²) in [7, 11) is 0. The highest BCUT2D eigenvalue weighted by Crippen LogP contribution is 2.11. The molecular formula is C27H35N5O6. The average molecular weight is 526 g/mol. The van der Waals surface area contributed by atoms with Gasteiger partial charge in [-0.2, -0.15) is 0 Å². The van der Waals surface area contributed by atoms with Crippen LogP contribution in [-0.4, -0.2) is 53.4 Å². The van der Waals surface area contributed by atoms with Gasteiger partial charge >= 0.3 is 0 Å². The Kier molecular flexibility index (Phi) is 11.0. The molecule has 0 aromatic heterocycles. The Morgan fingerprint density at radius 3 is 1.92 bits per heavy atom. The van der Waals surface area contributed by atoms with Crippen molar-refractivity contribution < 1.29 is 29.2 Å². The topological polar surface area (TPSA) is 166 Å². The maximum Gasteiger partial charge on any atom is 0.274 e. The van der Waals surface area contributed by atoms with Gasteiger partial charge in [-0.05, 0) is 42.2 Å². The van der Waals surface area contributed by atoms with E-state index in [2.05, 4.69) is 21.3 Å². The zero-order chi connectivity index (χ0) is 28.3. The molecule has 0 saturated carbocycles. The van der Waals surface area contributed by atoms with Crippen molar-refractivity contribution >= 4 is 29.5 Å². The van der Waals surface area contributed by atoms with E-state index >= 15 is 0 Å². The van der Waals surface area contributed by atoms with Gasteiger partial charge in [-0.15, -0.1) is 0 Å². The van der Waals surface area contributed by atoms with Crippen molar-refractivity contribution in [2.45, 2.75) is 52.7 Å². The Labute approximate surface area is 221 Å². The van der Waals surface area contributed by atoms with Crippen LogP contribution in [0.5, 0.6) is 0 Å². The highest BCUT2D eigenvalue weighted by Gasteiger charge is 2.27. The van der Waals surface area contributed by atoms with Gasteiger partial charge in [0.2, 0.25) is 17.7 Å². The molecule has 0 unspecified atom stereocenters. The molecule has 0 bridgehead atoms. The Balaban J connectivity index is 2.08. The lowest BCUT2D eigenvalue weighted by molar-refractivity contribution is -0.131. The highest BCUT2D eigenvalue weighted by atomic mass is 16.5. The van der Waals surface area contributed by atoms with Crippen LogP contribution < -0.4 is 26.7 Å². The molecule has 5 amide bonds. The van der Waals surface area contributed by atoms with Crippen molar-refractivity contribution in [2.75, 3.05) is 6.54 Å². The summed E-state index contributed by atoms with van der Waals surface area (Å²) in [5, 5.41) is 19.3. The first kappa shape index (κ1) is 30.0. The van der Waals surface area contributed by atoms with E-state index in [1.54, 1.807) is 0 Å². The number of amides is 5. The minimum Gasteiger partial charge on any atom is -0.355 e. The number of nitrogens with one attached hydrogen (secondary N) is 5. The molecule has 2 aromatic rings. The first-order valence-electron chi connectivity index (χ1n) is 12.1. The van der Waals surface area contributed by atoms with E-state index < -0.39 is 41.6 Å². The molecule has 6 N–H and O–H groups in total. The molecule has 0 aliphatic heterocycles. The SMILES string of the molecule is C[C@H](NC(=O)[C@H](CC(=O)NCC(C)(C)C)NC(=O)c1ccc(C(=O)NO)cc1)C(=O)NCc1ccccc1. The fourth-order valence-electron chi connectivity index (χ4n) is 3.23. The number of hydroxylamine groups is 1. The van der Waals surface area contributed by atoms with Gasteiger partial charge in [0, 0.05) is 24.2 Å². The van der Waals surface area contributed by atoms with Gasteiger partial charge in [-0.25, -0.2) is 5.48 Å². The second-order valence-corrected chi connectivity index (χ2v) is 10.0. The summed E-state index contributed by atoms with van der Waals surface area (Å²) in [4.78, 5) is 62.5. The van der Waals surface area contributed by atoms with Gasteiger partial charge in [0.15, 0.2) is 0 Å². The van der Waals surface area contributed by atoms with Crippen LogP contribution in [0.2, 0.25) is 0 Å². The van der Waals surface area contributed by atoms with Crippen LogP contribution in [0.4, 0.5) is 0 Å². The fraction of sp³-hybridized carbons (Fsp3) is 0.370. The maximum absolute atomic E-state index is 13.1. The summed E-state index contributed by atoms with van der Waals surface area (Å²) in [6, 6.07) is 12.4. The third-order valence-electron chi connectivity index (χ3n) is 5.40. The molecule has 0 aliphatic carbocycles. The van der Waals surface area contributed by atoms with Gasteiger partial charge < -0.3 is 21.3 Å². The van der Waals surface area contributed by atoms with Crippen molar-refractivity contribution in [1.29, 1.82) is 0 Å². The van der Waals surface area contributed by atoms with E-state index in [0.717, 1.165) is 5.56 Å². The van der Waals surface area contributed by atoms with Crippen LogP contribution in [-0.2, 0) is 20.9 Å². The molecule has 0 spiro atoms. The van der Waals surface area contributed by atoms with Crippen LogP contribution in [0, 0.1) is 5.41 Å². The standard InChI is InChI=1S/C27H35N5O6/c1-17(23(34)28-15-18-8-6-5-7-9-18)30-26(37)21(14-22(33)29-16-27(2,3)4)31-24(35)19-10-12-20(13-11-19)25(36)32-38/h5-13,17,21,38H,14-16H2,1-4H3,(H,28,34)(H,29,33)(H,30,37)(H,31,35)(H,32,36)/t17-,21-/m0/s1. The zero-order valence-electron chi connectivity index (χ0n) is 22.0. The molecule has 38 heavy (non-hydrogen) atoms. The number of carbonyl (C=O) groups excluding carboxylic acids is 5. The number of benzene rings is 2. The van der Waals surface area contributed by atoms with E-state index in [4.69, 9.17) is 5.21 Å². The number of hydrogen-bond acceptors (Lipinski definition) is 6. The van der Waals surface area contributed by atoms with Crippen molar-refractivity contribution in [1.82, 2.24) is 26.7 Å². The monoisotopic (exact) mass is 525 g/mol. The van der Waals surface area contributed by atoms with Gasteiger partial charge in [-0.1, -0.05) is 51.1 Å². The Morgan fingerprint density at radius 2 is 1.37 bits per heavy atom. The molecule has 0 fully saturated rings. The summed E-state index contributed by atoms with van der Waals surface area (Å²) < 4.78 is 0. The van der Waals surface area contributed by atoms with Crippen molar-refractivity contribution in [3.63, 3.8) is 0 Å². The highest BCUT2D eigenvalue weighted by molar-refractivity contribution is 6.01. The average Bonchev–Trinajstić information content (AvgIpc) is 2.89. The van der Waals surface area contributed by atoms with Crippen LogP contribution in [0.25, 0.3) is 0 Å². The van der Waals surface area contributed by atoms with Crippen molar-refractivity contribution in [3.05, 3.63) is 71.3 Å². The third kappa shape index (κ3) is 10.0. The van der Waals surface area contributed by atoms with Gasteiger partial charge in [0.25, 0.3) is 11.8 Å². The fourth-order valence-corrected chi connectivity index (χ4v) is 3.23. The Bertz CT molecular complexity index is 1130. The lowest BCUT2D eigenvalue weighted by Gasteiger charge is -2.23. The third-order valence-corrected chi connectivity index (χ3v) is 5.40. The summed E-state index contributed by atoms with van der Waals surface area (Å²) in [5.41, 5.74) is 2.45. The zero-order valence-corrected chi connectivity index (χ0v) is 22.0. The first-order chi connectivity index (χ1) is 17.9. The summed E-state index contributed by atoms with van der Waals surface area (Å²) in [6.45, 7) is 7.96. The summed E-state index contributed by atoms with van der Waals surface area (Å²) >= 11 is 0. The lowest BCUT2D eigenvalue weighted by Crippen LogP contribution is -2.54. The molecule has 204 valence electrons. The molecule has 0 radical (unpaired) electrons. The van der Waals surface area contributed by atoms with E-state index in [1.807, 2.05) is 51.1 Å². The van der Waals surface area contributed by atoms with E-state index in [0.29, 0.717) is 6.54 Å². The number of carbonyl (C=O) groups is 5. The largest absolute Gasteiger partial charge is 0.355 e. The lowest BCUT2D eigenvalue weighted by atomic mass is 9.97. The van der Waals surface area contributed by atoms with Crippen LogP contribution in [0.1, 0.15) is 60.4 Å². The Hall–Kier alpha value is -4.25. The van der Waals surface area contributed by atoms with E-state index in [9.17, 15) is 24.0 Å². The molecule has 11 nitrogen and oxygen atoms in total. The van der Waals surface area contributed by atoms with Gasteiger partial charge in [0.05, 0.1) is 6.42 Å². The van der Waals surface area contributed by atoms with Gasteiger partial charge in [-0.3, -0.25) is 29.2 Å². The predicted molar refractivity (Wildman–Crippen MR) is 140 cm³/mol. The second kappa shape index (κ2) is 13.9. The summed E-state index contributed by atoms with van der Waals surface area (Å²) in [5.74, 6) is -2.99. The Morgan fingerprint density at radius 1 is 0.789 bits per heavy atom. The molecule has 11 heteroatoms. The quantitative estimate of drug-likeness (QED) is 0.191. The predicted octanol–water partition coefficient (Wildman–Crippen LogP) is 1.28. The molecule has 0 aliphatic rings. The van der Waals surface area contributed by atoms with Crippen LogP contribution in [0.15, 0.2) is 54.6 Å². The first-order valence-corrected chi connectivity index (χ1v) is 12.1. The van der Waals surface area contributed by atoms with Crippen molar-refractivity contribution in [3.8, 4) is 0 Å². The maximum atomic E-state index is 13.1. The van der Waals surface area contributed by atoms with Gasteiger partial charge in [0.1, 0.15) is 12.1 Å². The van der Waals surface area contributed by atoms with Crippen LogP contribution >= 0.6 is 0 Å². The normalized spacial score (nSPS) is 12.4. The smallest absolute Gasteiger partial charge is 0.274 e. The van der Waals surface area contributed by atoms with E-state index in [-0.39, 0.29) is 29.5 Å². The van der Waals surface area contributed by atoms with Crippen molar-refractivity contribution in [2.24, 2.45) is 5.41 Å². The molecule has 0 saturated heterocycles. The minimum absolute atomic E-state index is 0.121. The minimum atomic E-state index is -1.27. The molecular weight excluding hydrogens is 490 g/mol. The molecule has 2 aromatic carbocycles. The number of hydrogen-bond donors (Lipinski definition) is 6. The molecule has 2 rings (SSSR count). The van der Waals surface area contributed by atoms with E-state index in [1.165, 1.54) is 36.7 Å². The second-order valence-electron chi connectivity index (χ2n) is 10.0. The molecule has 0 heterocycles. The van der Waals surface area contributed by atoms with Crippen LogP contribution in [0.3, 0.4) is 0 Å². The number of rotatable bonds is 11.